The summed E-state index contributed by atoms with van der Waals surface area (Å²) in [7, 11) is 1.69. The highest BCUT2D eigenvalue weighted by Gasteiger charge is 2.18. The summed E-state index contributed by atoms with van der Waals surface area (Å²) in [5.41, 5.74) is 1.40. The van der Waals surface area contributed by atoms with Gasteiger partial charge in [0.1, 0.15) is 23.2 Å². The Labute approximate surface area is 191 Å². The average molecular weight is 453 g/mol. The third-order valence-corrected chi connectivity index (χ3v) is 5.68. The second-order valence-corrected chi connectivity index (χ2v) is 7.91. The number of carbonyl (C=O) groups excluding carboxylic acids is 1. The average Bonchev–Trinajstić information content (AvgIpc) is 3.05. The van der Waals surface area contributed by atoms with Crippen LogP contribution in [-0.4, -0.2) is 49.1 Å². The summed E-state index contributed by atoms with van der Waals surface area (Å²) in [5.74, 6) is -0.560. The Morgan fingerprint density at radius 3 is 2.67 bits per heavy atom. The molecule has 0 radical (unpaired) electrons. The number of benzene rings is 2. The third kappa shape index (κ3) is 5.64. The van der Waals surface area contributed by atoms with E-state index in [0.29, 0.717) is 11.8 Å². The van der Waals surface area contributed by atoms with Crippen molar-refractivity contribution in [3.63, 3.8) is 0 Å². The fourth-order valence-corrected chi connectivity index (χ4v) is 3.95. The van der Waals surface area contributed by atoms with Crippen LogP contribution in [-0.2, 0) is 6.54 Å². The fraction of sp³-hybridized carbons (Fsp3) is 0.280. The fourth-order valence-electron chi connectivity index (χ4n) is 3.95. The van der Waals surface area contributed by atoms with Crippen LogP contribution < -0.4 is 15.0 Å². The molecule has 1 fully saturated rings. The van der Waals surface area contributed by atoms with Gasteiger partial charge >= 0.3 is 0 Å². The zero-order valence-electron chi connectivity index (χ0n) is 18.4. The number of hydrogen-bond donors (Lipinski definition) is 1. The quantitative estimate of drug-likeness (QED) is 0.603. The van der Waals surface area contributed by atoms with Gasteiger partial charge < -0.3 is 15.0 Å². The number of hydrogen-bond acceptors (Lipinski definition) is 5. The Hall–Kier alpha value is -3.52. The van der Waals surface area contributed by atoms with E-state index in [1.54, 1.807) is 19.4 Å². The number of carbonyl (C=O) groups is 1. The van der Waals surface area contributed by atoms with E-state index in [4.69, 9.17) is 4.74 Å². The summed E-state index contributed by atoms with van der Waals surface area (Å²) in [6, 6.07) is 14.5. The van der Waals surface area contributed by atoms with Gasteiger partial charge in [-0.3, -0.25) is 9.69 Å². The minimum absolute atomic E-state index is 0.219. The Balaban J connectivity index is 1.35. The molecule has 0 atom stereocenters. The number of anilines is 2. The number of methoxy groups -OCH3 is 1. The van der Waals surface area contributed by atoms with E-state index in [0.717, 1.165) is 62.8 Å². The monoisotopic (exact) mass is 452 g/mol. The number of amides is 1. The summed E-state index contributed by atoms with van der Waals surface area (Å²) in [4.78, 5) is 21.4. The maximum atomic E-state index is 13.8. The van der Waals surface area contributed by atoms with Crippen LogP contribution in [0.1, 0.15) is 22.3 Å². The maximum Gasteiger partial charge on any atom is 0.258 e. The van der Waals surface area contributed by atoms with Gasteiger partial charge in [0.25, 0.3) is 5.91 Å². The first-order valence-corrected chi connectivity index (χ1v) is 10.8. The Morgan fingerprint density at radius 2 is 1.91 bits per heavy atom. The predicted octanol–water partition coefficient (Wildman–Crippen LogP) is 4.33. The van der Waals surface area contributed by atoms with Gasteiger partial charge in [0, 0.05) is 44.4 Å². The van der Waals surface area contributed by atoms with Crippen molar-refractivity contribution >= 4 is 17.4 Å². The number of rotatable bonds is 6. The van der Waals surface area contributed by atoms with Crippen LogP contribution in [0.25, 0.3) is 0 Å². The van der Waals surface area contributed by atoms with Gasteiger partial charge in [-0.25, -0.2) is 13.8 Å². The molecule has 1 aliphatic rings. The molecule has 4 rings (SSSR count). The minimum atomic E-state index is -0.903. The lowest BCUT2D eigenvalue weighted by Crippen LogP contribution is -2.31. The zero-order chi connectivity index (χ0) is 23.2. The standard InChI is InChI=1S/C25H26F2N4O2/c1-33-23-6-3-2-5-18(23)17-30-11-4-12-31(14-13-30)24-10-8-20(16-28-24)29-25(32)21-9-7-19(26)15-22(21)27/h2-3,5-10,15-16H,4,11-14,17H2,1H3,(H,29,32). The Morgan fingerprint density at radius 1 is 1.06 bits per heavy atom. The van der Waals surface area contributed by atoms with Gasteiger partial charge in [0.15, 0.2) is 0 Å². The summed E-state index contributed by atoms with van der Waals surface area (Å²) >= 11 is 0. The molecule has 1 amide bonds. The third-order valence-electron chi connectivity index (χ3n) is 5.68. The van der Waals surface area contributed by atoms with E-state index in [2.05, 4.69) is 26.2 Å². The second kappa shape index (κ2) is 10.4. The lowest BCUT2D eigenvalue weighted by Gasteiger charge is -2.23. The molecule has 2 aromatic carbocycles. The van der Waals surface area contributed by atoms with Crippen LogP contribution in [0.5, 0.6) is 5.75 Å². The molecule has 1 N–H and O–H groups in total. The summed E-state index contributed by atoms with van der Waals surface area (Å²) in [5, 5.41) is 2.60. The van der Waals surface area contributed by atoms with Crippen LogP contribution in [0.15, 0.2) is 60.8 Å². The molecule has 0 saturated carbocycles. The van der Waals surface area contributed by atoms with Crippen molar-refractivity contribution in [3.8, 4) is 5.75 Å². The van der Waals surface area contributed by atoms with Gasteiger partial charge in [-0.2, -0.15) is 0 Å². The van der Waals surface area contributed by atoms with Gasteiger partial charge in [-0.15, -0.1) is 0 Å². The van der Waals surface area contributed by atoms with Crippen molar-refractivity contribution in [1.82, 2.24) is 9.88 Å². The van der Waals surface area contributed by atoms with E-state index in [-0.39, 0.29) is 5.56 Å². The van der Waals surface area contributed by atoms with Crippen molar-refractivity contribution in [1.29, 1.82) is 0 Å². The van der Waals surface area contributed by atoms with Crippen LogP contribution >= 0.6 is 0 Å². The topological polar surface area (TPSA) is 57.7 Å². The number of halogens is 2. The second-order valence-electron chi connectivity index (χ2n) is 7.91. The first-order chi connectivity index (χ1) is 16.0. The smallest absolute Gasteiger partial charge is 0.258 e. The number of para-hydroxylation sites is 1. The molecule has 1 saturated heterocycles. The van der Waals surface area contributed by atoms with Gasteiger partial charge in [0.2, 0.25) is 0 Å². The molecule has 0 spiro atoms. The molecular weight excluding hydrogens is 426 g/mol. The van der Waals surface area contributed by atoms with Crippen molar-refractivity contribution in [2.75, 3.05) is 43.5 Å². The number of nitrogens with one attached hydrogen (secondary N) is 1. The maximum absolute atomic E-state index is 13.8. The highest BCUT2D eigenvalue weighted by atomic mass is 19.1. The molecule has 0 bridgehead atoms. The van der Waals surface area contributed by atoms with E-state index >= 15 is 0 Å². The van der Waals surface area contributed by atoms with E-state index in [1.165, 1.54) is 5.56 Å². The van der Waals surface area contributed by atoms with Gasteiger partial charge in [-0.05, 0) is 36.8 Å². The molecule has 1 aromatic heterocycles. The first-order valence-electron chi connectivity index (χ1n) is 10.8. The minimum Gasteiger partial charge on any atom is -0.496 e. The molecule has 8 heteroatoms. The predicted molar refractivity (Wildman–Crippen MR) is 124 cm³/mol. The van der Waals surface area contributed by atoms with Crippen molar-refractivity contribution in [3.05, 3.63) is 83.6 Å². The van der Waals surface area contributed by atoms with E-state index in [1.807, 2.05) is 24.3 Å². The van der Waals surface area contributed by atoms with Gasteiger partial charge in [-0.1, -0.05) is 18.2 Å². The molecule has 2 heterocycles. The molecule has 0 aliphatic carbocycles. The van der Waals surface area contributed by atoms with E-state index < -0.39 is 17.5 Å². The van der Waals surface area contributed by atoms with Crippen molar-refractivity contribution < 1.29 is 18.3 Å². The number of aromatic nitrogens is 1. The molecule has 6 nitrogen and oxygen atoms in total. The van der Waals surface area contributed by atoms with Crippen LogP contribution in [0.2, 0.25) is 0 Å². The summed E-state index contributed by atoms with van der Waals surface area (Å²) < 4.78 is 32.4. The van der Waals surface area contributed by atoms with Crippen LogP contribution in [0, 0.1) is 11.6 Å². The highest BCUT2D eigenvalue weighted by Crippen LogP contribution is 2.22. The molecule has 3 aromatic rings. The summed E-state index contributed by atoms with van der Waals surface area (Å²) in [6.07, 6.45) is 2.55. The SMILES string of the molecule is COc1ccccc1CN1CCCN(c2ccc(NC(=O)c3ccc(F)cc3F)cn2)CC1. The number of pyridine rings is 1. The lowest BCUT2D eigenvalue weighted by atomic mass is 10.2. The molecule has 33 heavy (non-hydrogen) atoms. The highest BCUT2D eigenvalue weighted by molar-refractivity contribution is 6.04. The van der Waals surface area contributed by atoms with Crippen molar-refractivity contribution in [2.24, 2.45) is 0 Å². The van der Waals surface area contributed by atoms with Crippen LogP contribution in [0.4, 0.5) is 20.3 Å². The largest absolute Gasteiger partial charge is 0.496 e. The molecule has 1 aliphatic heterocycles. The Kier molecular flexibility index (Phi) is 7.14. The lowest BCUT2D eigenvalue weighted by molar-refractivity contribution is 0.102. The molecule has 172 valence electrons. The first kappa shape index (κ1) is 22.7. The number of nitrogens with zero attached hydrogens (tertiary/aromatic N) is 3. The molecule has 0 unspecified atom stereocenters. The zero-order valence-corrected chi connectivity index (χ0v) is 18.4. The normalized spacial score (nSPS) is 14.6. The van der Waals surface area contributed by atoms with E-state index in [9.17, 15) is 13.6 Å². The molecular formula is C25H26F2N4O2. The summed E-state index contributed by atoms with van der Waals surface area (Å²) in [6.45, 7) is 4.40. The Bertz CT molecular complexity index is 1110. The van der Waals surface area contributed by atoms with Gasteiger partial charge in [0.05, 0.1) is 24.6 Å². The van der Waals surface area contributed by atoms with Crippen molar-refractivity contribution in [2.45, 2.75) is 13.0 Å². The van der Waals surface area contributed by atoms with Crippen LogP contribution in [0.3, 0.4) is 0 Å². The number of ether oxygens (including phenoxy) is 1.